The van der Waals surface area contributed by atoms with Crippen molar-refractivity contribution in [2.75, 3.05) is 16.8 Å². The van der Waals surface area contributed by atoms with Crippen molar-refractivity contribution >= 4 is 36.2 Å². The molecule has 0 amide bonds. The molecule has 0 aliphatic carbocycles. The van der Waals surface area contributed by atoms with Crippen molar-refractivity contribution in [3.8, 4) is 0 Å². The third kappa shape index (κ3) is 2.51. The summed E-state index contributed by atoms with van der Waals surface area (Å²) in [5.74, 6) is 0.485. The highest BCUT2D eigenvalue weighted by molar-refractivity contribution is 7.80. The monoisotopic (exact) mass is 234 g/mol. The van der Waals surface area contributed by atoms with Gasteiger partial charge in [0.1, 0.15) is 0 Å². The molecule has 0 bridgehead atoms. The maximum absolute atomic E-state index is 5.44. The van der Waals surface area contributed by atoms with Gasteiger partial charge >= 0.3 is 0 Å². The Hall–Kier alpha value is -2.02. The van der Waals surface area contributed by atoms with Crippen molar-refractivity contribution in [2.45, 2.75) is 4.90 Å². The van der Waals surface area contributed by atoms with Crippen LogP contribution in [0.1, 0.15) is 0 Å². The van der Waals surface area contributed by atoms with Gasteiger partial charge in [-0.25, -0.2) is 0 Å². The minimum atomic E-state index is 0.0841. The first-order valence-electron chi connectivity index (χ1n) is 4.46. The van der Waals surface area contributed by atoms with Gasteiger partial charge in [0.25, 0.3) is 0 Å². The Kier molecular flexibility index (Phi) is 2.78. The van der Waals surface area contributed by atoms with Crippen LogP contribution in [0.15, 0.2) is 29.2 Å². The fourth-order valence-electron chi connectivity index (χ4n) is 1.14. The number of nitrogens with zero attached hydrogens (tertiary/aromatic N) is 3. The van der Waals surface area contributed by atoms with Crippen molar-refractivity contribution in [2.24, 2.45) is 0 Å². The highest BCUT2D eigenvalue weighted by Crippen LogP contribution is 2.16. The third-order valence-electron chi connectivity index (χ3n) is 1.79. The fraction of sp³-hybridized carbons (Fsp3) is 0. The molecule has 0 aliphatic rings. The first-order chi connectivity index (χ1) is 7.63. The number of hydrogen-bond donors (Lipinski definition) is 4. The summed E-state index contributed by atoms with van der Waals surface area (Å²) in [7, 11) is 0. The van der Waals surface area contributed by atoms with Gasteiger partial charge in [0.2, 0.25) is 17.8 Å². The van der Waals surface area contributed by atoms with E-state index >= 15 is 0 Å². The number of nitrogens with one attached hydrogen (secondary N) is 1. The number of nitrogens with two attached hydrogens (primary N) is 2. The van der Waals surface area contributed by atoms with E-state index in [-0.39, 0.29) is 11.9 Å². The molecule has 5 N–H and O–H groups in total. The van der Waals surface area contributed by atoms with Crippen LogP contribution in [0, 0.1) is 0 Å². The van der Waals surface area contributed by atoms with Gasteiger partial charge in [-0.05, 0) is 24.3 Å². The van der Waals surface area contributed by atoms with Gasteiger partial charge in [0, 0.05) is 10.6 Å². The molecular formula is C9H10N6S. The average Bonchev–Trinajstić information content (AvgIpc) is 2.20. The van der Waals surface area contributed by atoms with Crippen LogP contribution in [0.4, 0.5) is 23.5 Å². The molecule has 1 heterocycles. The van der Waals surface area contributed by atoms with Gasteiger partial charge in [-0.2, -0.15) is 15.0 Å². The fourth-order valence-corrected chi connectivity index (χ4v) is 1.29. The highest BCUT2D eigenvalue weighted by atomic mass is 32.1. The predicted octanol–water partition coefficient (Wildman–Crippen LogP) is 1.07. The Morgan fingerprint density at radius 2 is 1.50 bits per heavy atom. The molecule has 0 atom stereocenters. The summed E-state index contributed by atoms with van der Waals surface area (Å²) in [4.78, 5) is 12.3. The summed E-state index contributed by atoms with van der Waals surface area (Å²) in [6.45, 7) is 0. The van der Waals surface area contributed by atoms with E-state index in [4.69, 9.17) is 11.5 Å². The first-order valence-corrected chi connectivity index (χ1v) is 4.91. The minimum Gasteiger partial charge on any atom is -0.368 e. The van der Waals surface area contributed by atoms with Crippen LogP contribution in [0.25, 0.3) is 0 Å². The van der Waals surface area contributed by atoms with E-state index in [1.807, 2.05) is 24.3 Å². The number of benzene rings is 1. The molecule has 0 spiro atoms. The smallest absolute Gasteiger partial charge is 0.233 e. The molecule has 0 saturated carbocycles. The highest BCUT2D eigenvalue weighted by Gasteiger charge is 2.01. The van der Waals surface area contributed by atoms with Crippen molar-refractivity contribution in [3.63, 3.8) is 0 Å². The average molecular weight is 234 g/mol. The summed E-state index contributed by atoms with van der Waals surface area (Å²) in [6.07, 6.45) is 0. The van der Waals surface area contributed by atoms with Crippen LogP contribution in [-0.2, 0) is 0 Å². The summed E-state index contributed by atoms with van der Waals surface area (Å²) in [6, 6.07) is 7.38. The van der Waals surface area contributed by atoms with E-state index in [9.17, 15) is 0 Å². The molecule has 1 aromatic carbocycles. The summed E-state index contributed by atoms with van der Waals surface area (Å²) in [5, 5.41) is 2.96. The maximum Gasteiger partial charge on any atom is 0.233 e. The molecule has 6 nitrogen and oxygen atoms in total. The molecule has 2 rings (SSSR count). The number of rotatable bonds is 2. The van der Waals surface area contributed by atoms with Crippen LogP contribution in [0.3, 0.4) is 0 Å². The quantitative estimate of drug-likeness (QED) is 0.580. The van der Waals surface area contributed by atoms with Crippen molar-refractivity contribution in [3.05, 3.63) is 24.3 Å². The third-order valence-corrected chi connectivity index (χ3v) is 2.09. The van der Waals surface area contributed by atoms with E-state index in [1.54, 1.807) is 0 Å². The second-order valence-electron chi connectivity index (χ2n) is 3.05. The Morgan fingerprint density at radius 3 is 2.06 bits per heavy atom. The van der Waals surface area contributed by atoms with Crippen molar-refractivity contribution in [1.29, 1.82) is 0 Å². The van der Waals surface area contributed by atoms with E-state index in [1.165, 1.54) is 0 Å². The number of nitrogen functional groups attached to an aromatic ring is 2. The second kappa shape index (κ2) is 4.23. The zero-order valence-corrected chi connectivity index (χ0v) is 9.15. The summed E-state index contributed by atoms with van der Waals surface area (Å²) in [5.41, 5.74) is 11.7. The topological polar surface area (TPSA) is 103 Å². The van der Waals surface area contributed by atoms with Gasteiger partial charge < -0.3 is 16.8 Å². The van der Waals surface area contributed by atoms with Crippen LogP contribution in [0.5, 0.6) is 0 Å². The molecule has 0 saturated heterocycles. The molecule has 7 heteroatoms. The zero-order chi connectivity index (χ0) is 11.5. The first kappa shape index (κ1) is 10.5. The standard InChI is InChI=1S/C9H10N6S/c10-7-13-8(11)15-9(14-7)12-5-1-3-6(16)4-2-5/h1-4,16H,(H5,10,11,12,13,14,15). The Morgan fingerprint density at radius 1 is 0.938 bits per heavy atom. The molecule has 2 aromatic rings. The van der Waals surface area contributed by atoms with Crippen LogP contribution >= 0.6 is 12.6 Å². The lowest BCUT2D eigenvalue weighted by molar-refractivity contribution is 1.08. The van der Waals surface area contributed by atoms with E-state index < -0.39 is 0 Å². The Balaban J connectivity index is 2.23. The van der Waals surface area contributed by atoms with E-state index in [2.05, 4.69) is 32.9 Å². The SMILES string of the molecule is Nc1nc(N)nc(Nc2ccc(S)cc2)n1. The molecule has 16 heavy (non-hydrogen) atoms. The number of anilines is 4. The van der Waals surface area contributed by atoms with Crippen molar-refractivity contribution < 1.29 is 0 Å². The predicted molar refractivity (Wildman–Crippen MR) is 65.6 cm³/mol. The Bertz CT molecular complexity index is 478. The molecule has 0 unspecified atom stereocenters. The van der Waals surface area contributed by atoms with Crippen molar-refractivity contribution in [1.82, 2.24) is 15.0 Å². The lowest BCUT2D eigenvalue weighted by Crippen LogP contribution is -2.06. The normalized spacial score (nSPS) is 10.1. The minimum absolute atomic E-state index is 0.0841. The molecule has 0 aliphatic heterocycles. The molecule has 0 fully saturated rings. The number of hydrogen-bond acceptors (Lipinski definition) is 7. The molecule has 1 aromatic heterocycles. The van der Waals surface area contributed by atoms with Crippen LogP contribution in [0.2, 0.25) is 0 Å². The summed E-state index contributed by atoms with van der Waals surface area (Å²) < 4.78 is 0. The molecular weight excluding hydrogens is 224 g/mol. The summed E-state index contributed by atoms with van der Waals surface area (Å²) >= 11 is 4.18. The van der Waals surface area contributed by atoms with Gasteiger partial charge in [-0.3, -0.25) is 0 Å². The lowest BCUT2D eigenvalue weighted by Gasteiger charge is -2.05. The zero-order valence-electron chi connectivity index (χ0n) is 8.25. The number of aromatic nitrogens is 3. The van der Waals surface area contributed by atoms with Gasteiger partial charge in [0.05, 0.1) is 0 Å². The largest absolute Gasteiger partial charge is 0.368 e. The van der Waals surface area contributed by atoms with E-state index in [0.717, 1.165) is 10.6 Å². The maximum atomic E-state index is 5.44. The van der Waals surface area contributed by atoms with Crippen LogP contribution < -0.4 is 16.8 Å². The van der Waals surface area contributed by atoms with Gasteiger partial charge in [0.15, 0.2) is 0 Å². The second-order valence-corrected chi connectivity index (χ2v) is 3.56. The van der Waals surface area contributed by atoms with Gasteiger partial charge in [-0.1, -0.05) is 0 Å². The van der Waals surface area contributed by atoms with Crippen LogP contribution in [-0.4, -0.2) is 15.0 Å². The lowest BCUT2D eigenvalue weighted by atomic mass is 10.3. The van der Waals surface area contributed by atoms with E-state index in [0.29, 0.717) is 5.95 Å². The Labute approximate surface area is 97.5 Å². The van der Waals surface area contributed by atoms with Gasteiger partial charge in [-0.15, -0.1) is 12.6 Å². The number of thiol groups is 1. The molecule has 82 valence electrons. The molecule has 0 radical (unpaired) electrons.